The molecule has 0 saturated heterocycles. The topological polar surface area (TPSA) is 58.0 Å². The molecule has 1 atom stereocenters. The number of nitrogens with one attached hydrogen (secondary N) is 2. The van der Waals surface area contributed by atoms with E-state index < -0.39 is 5.76 Å². The number of hydrogen-bond acceptors (Lipinski definition) is 3. The minimum Gasteiger partial charge on any atom is -0.408 e. The van der Waals surface area contributed by atoms with Crippen molar-refractivity contribution in [1.82, 2.24) is 4.98 Å². The lowest BCUT2D eigenvalue weighted by Gasteiger charge is -2.16. The first kappa shape index (κ1) is 12.3. The van der Waals surface area contributed by atoms with Crippen molar-refractivity contribution in [2.75, 3.05) is 5.32 Å². The lowest BCUT2D eigenvalue weighted by molar-refractivity contribution is 0.555. The summed E-state index contributed by atoms with van der Waals surface area (Å²) >= 11 is 0. The Hall–Kier alpha value is -2.49. The smallest absolute Gasteiger partial charge is 0.408 e. The van der Waals surface area contributed by atoms with Gasteiger partial charge in [0.25, 0.3) is 0 Å². The molecule has 0 amide bonds. The average molecular weight is 280 g/mol. The van der Waals surface area contributed by atoms with Crippen LogP contribution in [0.1, 0.15) is 29.2 Å². The second-order valence-corrected chi connectivity index (χ2v) is 5.66. The van der Waals surface area contributed by atoms with Crippen LogP contribution in [0.4, 0.5) is 5.69 Å². The van der Waals surface area contributed by atoms with Crippen molar-refractivity contribution in [2.45, 2.75) is 25.8 Å². The van der Waals surface area contributed by atoms with Crippen LogP contribution < -0.4 is 11.1 Å². The fourth-order valence-corrected chi connectivity index (χ4v) is 3.11. The predicted molar refractivity (Wildman–Crippen MR) is 82.7 cm³/mol. The Morgan fingerprint density at radius 3 is 3.05 bits per heavy atom. The van der Waals surface area contributed by atoms with Crippen molar-refractivity contribution in [3.63, 3.8) is 0 Å². The summed E-state index contributed by atoms with van der Waals surface area (Å²) in [4.78, 5) is 13.9. The molecule has 3 aromatic rings. The number of anilines is 1. The Morgan fingerprint density at radius 2 is 2.14 bits per heavy atom. The monoisotopic (exact) mass is 280 g/mol. The van der Waals surface area contributed by atoms with Crippen molar-refractivity contribution >= 4 is 16.8 Å². The van der Waals surface area contributed by atoms with E-state index in [0.717, 1.165) is 24.0 Å². The van der Waals surface area contributed by atoms with Crippen LogP contribution in [0.3, 0.4) is 0 Å². The van der Waals surface area contributed by atoms with Gasteiger partial charge in [0.2, 0.25) is 0 Å². The van der Waals surface area contributed by atoms with Crippen molar-refractivity contribution in [3.05, 3.63) is 63.6 Å². The summed E-state index contributed by atoms with van der Waals surface area (Å²) in [5.41, 5.74) is 6.42. The Morgan fingerprint density at radius 1 is 1.24 bits per heavy atom. The van der Waals surface area contributed by atoms with Crippen LogP contribution in [0.5, 0.6) is 0 Å². The molecule has 1 unspecified atom stereocenters. The standard InChI is InChI=1S/C17H16N2O2/c1-10-2-3-11-4-6-14(13(11)8-10)18-12-5-7-16-15(9-12)19-17(20)21-16/h2-3,5,7-9,14,18H,4,6H2,1H3,(H,19,20). The number of H-pyrrole nitrogens is 1. The van der Waals surface area contributed by atoms with E-state index in [1.54, 1.807) is 0 Å². The van der Waals surface area contributed by atoms with Crippen molar-refractivity contribution in [3.8, 4) is 0 Å². The molecule has 0 spiro atoms. The fourth-order valence-electron chi connectivity index (χ4n) is 3.11. The van der Waals surface area contributed by atoms with Gasteiger partial charge in [-0.15, -0.1) is 0 Å². The molecule has 1 heterocycles. The molecule has 1 aliphatic carbocycles. The highest BCUT2D eigenvalue weighted by Gasteiger charge is 2.22. The Bertz CT molecular complexity index is 876. The predicted octanol–water partition coefficient (Wildman–Crippen LogP) is 3.53. The maximum absolute atomic E-state index is 11.2. The van der Waals surface area contributed by atoms with Gasteiger partial charge in [-0.05, 0) is 49.1 Å². The second kappa shape index (κ2) is 4.52. The molecule has 0 aliphatic heterocycles. The minimum absolute atomic E-state index is 0.330. The van der Waals surface area contributed by atoms with E-state index in [-0.39, 0.29) is 0 Å². The van der Waals surface area contributed by atoms with Crippen molar-refractivity contribution in [2.24, 2.45) is 0 Å². The molecule has 2 N–H and O–H groups in total. The number of fused-ring (bicyclic) bond motifs is 2. The lowest BCUT2D eigenvalue weighted by Crippen LogP contribution is -2.07. The van der Waals surface area contributed by atoms with E-state index in [0.29, 0.717) is 11.6 Å². The molecule has 4 nitrogen and oxygen atoms in total. The first-order valence-corrected chi connectivity index (χ1v) is 7.18. The fraction of sp³-hybridized carbons (Fsp3) is 0.235. The summed E-state index contributed by atoms with van der Waals surface area (Å²) in [5, 5.41) is 3.56. The van der Waals surface area contributed by atoms with Gasteiger partial charge in [0.15, 0.2) is 5.58 Å². The highest BCUT2D eigenvalue weighted by molar-refractivity contribution is 5.77. The largest absolute Gasteiger partial charge is 0.417 e. The summed E-state index contributed by atoms with van der Waals surface area (Å²) in [6.07, 6.45) is 2.21. The molecule has 1 aromatic heterocycles. The molecule has 2 aromatic carbocycles. The zero-order chi connectivity index (χ0) is 14.4. The van der Waals surface area contributed by atoms with E-state index in [9.17, 15) is 4.79 Å². The summed E-state index contributed by atoms with van der Waals surface area (Å²) in [5.74, 6) is -0.413. The SMILES string of the molecule is Cc1ccc2c(c1)C(Nc1ccc3oc(=O)[nH]c3c1)CC2. The van der Waals surface area contributed by atoms with E-state index in [1.807, 2.05) is 18.2 Å². The normalized spacial score (nSPS) is 17.1. The first-order chi connectivity index (χ1) is 10.2. The minimum atomic E-state index is -0.413. The molecule has 4 heteroatoms. The van der Waals surface area contributed by atoms with Crippen LogP contribution in [0.15, 0.2) is 45.6 Å². The van der Waals surface area contributed by atoms with Crippen molar-refractivity contribution < 1.29 is 4.42 Å². The second-order valence-electron chi connectivity index (χ2n) is 5.66. The van der Waals surface area contributed by atoms with Crippen molar-refractivity contribution in [1.29, 1.82) is 0 Å². The van der Waals surface area contributed by atoms with Gasteiger partial charge in [-0.2, -0.15) is 0 Å². The number of oxazole rings is 1. The summed E-state index contributed by atoms with van der Waals surface area (Å²) < 4.78 is 5.03. The van der Waals surface area contributed by atoms with Gasteiger partial charge in [-0.1, -0.05) is 23.8 Å². The van der Waals surface area contributed by atoms with Gasteiger partial charge in [-0.3, -0.25) is 4.98 Å². The van der Waals surface area contributed by atoms with Crippen LogP contribution in [-0.2, 0) is 6.42 Å². The molecule has 21 heavy (non-hydrogen) atoms. The van der Waals surface area contributed by atoms with Gasteiger partial charge in [0.1, 0.15) is 0 Å². The molecule has 0 bridgehead atoms. The number of benzene rings is 2. The Kier molecular flexibility index (Phi) is 2.64. The van der Waals surface area contributed by atoms with Crippen LogP contribution in [0, 0.1) is 6.92 Å². The van der Waals surface area contributed by atoms with E-state index in [4.69, 9.17) is 4.42 Å². The molecule has 0 saturated carbocycles. The highest BCUT2D eigenvalue weighted by atomic mass is 16.4. The van der Waals surface area contributed by atoms with Gasteiger partial charge >= 0.3 is 5.76 Å². The molecule has 1 aliphatic rings. The maximum atomic E-state index is 11.2. The van der Waals surface area contributed by atoms with E-state index >= 15 is 0 Å². The van der Waals surface area contributed by atoms with Crippen LogP contribution in [0.2, 0.25) is 0 Å². The van der Waals surface area contributed by atoms with Crippen LogP contribution in [0.25, 0.3) is 11.1 Å². The van der Waals surface area contributed by atoms with Crippen LogP contribution in [-0.4, -0.2) is 4.98 Å². The van der Waals surface area contributed by atoms with Gasteiger partial charge in [-0.25, -0.2) is 4.79 Å². The number of aryl methyl sites for hydroxylation is 2. The summed E-state index contributed by atoms with van der Waals surface area (Å²) in [6, 6.07) is 12.7. The maximum Gasteiger partial charge on any atom is 0.417 e. The van der Waals surface area contributed by atoms with Gasteiger partial charge < -0.3 is 9.73 Å². The van der Waals surface area contributed by atoms with E-state index in [1.165, 1.54) is 16.7 Å². The third-order valence-corrected chi connectivity index (χ3v) is 4.14. The zero-order valence-electron chi connectivity index (χ0n) is 11.8. The lowest BCUT2D eigenvalue weighted by atomic mass is 10.0. The zero-order valence-corrected chi connectivity index (χ0v) is 11.8. The average Bonchev–Trinajstić information content (AvgIpc) is 3.01. The number of rotatable bonds is 2. The number of aromatic amines is 1. The third kappa shape index (κ3) is 2.13. The molecular weight excluding hydrogens is 264 g/mol. The molecule has 106 valence electrons. The molecule has 0 radical (unpaired) electrons. The Balaban J connectivity index is 1.67. The molecule has 0 fully saturated rings. The van der Waals surface area contributed by atoms with Gasteiger partial charge in [0, 0.05) is 5.69 Å². The van der Waals surface area contributed by atoms with Gasteiger partial charge in [0.05, 0.1) is 11.6 Å². The summed E-state index contributed by atoms with van der Waals surface area (Å²) in [6.45, 7) is 2.12. The highest BCUT2D eigenvalue weighted by Crippen LogP contribution is 2.34. The third-order valence-electron chi connectivity index (χ3n) is 4.14. The molecular formula is C17H16N2O2. The molecule has 4 rings (SSSR count). The number of hydrogen-bond donors (Lipinski definition) is 2. The first-order valence-electron chi connectivity index (χ1n) is 7.18. The quantitative estimate of drug-likeness (QED) is 0.755. The number of aromatic nitrogens is 1. The summed E-state index contributed by atoms with van der Waals surface area (Å²) in [7, 11) is 0. The van der Waals surface area contributed by atoms with Crippen LogP contribution >= 0.6 is 0 Å². The Labute approximate surface area is 121 Å². The van der Waals surface area contributed by atoms with E-state index in [2.05, 4.69) is 35.4 Å².